The molecule has 0 aliphatic heterocycles. The zero-order valence-electron chi connectivity index (χ0n) is 10.0. The summed E-state index contributed by atoms with van der Waals surface area (Å²) in [5.41, 5.74) is 0.761. The van der Waals surface area contributed by atoms with Crippen molar-refractivity contribution < 1.29 is 4.39 Å². The predicted molar refractivity (Wildman–Crippen MR) is 66.2 cm³/mol. The Morgan fingerprint density at radius 3 is 2.82 bits per heavy atom. The number of nitriles is 1. The van der Waals surface area contributed by atoms with Crippen LogP contribution in [0.5, 0.6) is 0 Å². The molecule has 1 N–H and O–H groups in total. The average Bonchev–Trinajstić information content (AvgIpc) is 2.32. The fourth-order valence-corrected chi connectivity index (χ4v) is 2.49. The van der Waals surface area contributed by atoms with Crippen LogP contribution in [-0.2, 0) is 0 Å². The first-order valence-corrected chi connectivity index (χ1v) is 6.17. The van der Waals surface area contributed by atoms with Gasteiger partial charge in [-0.2, -0.15) is 5.26 Å². The summed E-state index contributed by atoms with van der Waals surface area (Å²) in [4.78, 5) is 0. The molecule has 2 unspecified atom stereocenters. The molecule has 0 radical (unpaired) electrons. The van der Waals surface area contributed by atoms with Crippen molar-refractivity contribution in [3.8, 4) is 6.07 Å². The molecule has 1 saturated carbocycles. The van der Waals surface area contributed by atoms with Crippen LogP contribution >= 0.6 is 0 Å². The van der Waals surface area contributed by atoms with Gasteiger partial charge in [-0.25, -0.2) is 4.39 Å². The van der Waals surface area contributed by atoms with Gasteiger partial charge in [0.05, 0.1) is 5.69 Å². The van der Waals surface area contributed by atoms with Crippen LogP contribution in [0.3, 0.4) is 0 Å². The van der Waals surface area contributed by atoms with E-state index < -0.39 is 5.82 Å². The molecule has 1 aliphatic rings. The summed E-state index contributed by atoms with van der Waals surface area (Å²) in [6.07, 6.45) is 4.78. The number of rotatable bonds is 2. The maximum Gasteiger partial charge on any atom is 0.143 e. The van der Waals surface area contributed by atoms with Gasteiger partial charge in [-0.15, -0.1) is 0 Å². The van der Waals surface area contributed by atoms with Crippen molar-refractivity contribution in [2.45, 2.75) is 38.6 Å². The Bertz CT molecular complexity index is 436. The van der Waals surface area contributed by atoms with E-state index in [2.05, 4.69) is 12.2 Å². The maximum atomic E-state index is 13.4. The minimum absolute atomic E-state index is 0.130. The quantitative estimate of drug-likeness (QED) is 0.844. The topological polar surface area (TPSA) is 35.8 Å². The summed E-state index contributed by atoms with van der Waals surface area (Å²) in [6.45, 7) is 2.21. The van der Waals surface area contributed by atoms with Gasteiger partial charge in [0, 0.05) is 6.04 Å². The van der Waals surface area contributed by atoms with Crippen LogP contribution in [0.2, 0.25) is 0 Å². The summed E-state index contributed by atoms with van der Waals surface area (Å²) in [5, 5.41) is 12.3. The molecule has 0 aromatic heterocycles. The molecule has 3 heteroatoms. The lowest BCUT2D eigenvalue weighted by Gasteiger charge is -2.30. The fourth-order valence-electron chi connectivity index (χ4n) is 2.49. The molecule has 0 amide bonds. The second kappa shape index (κ2) is 5.18. The van der Waals surface area contributed by atoms with Gasteiger partial charge in [0.25, 0.3) is 0 Å². The molecule has 90 valence electrons. The third kappa shape index (κ3) is 2.58. The number of benzene rings is 1. The SMILES string of the molecule is CC1CCCCC1Nc1cccc(F)c1C#N. The lowest BCUT2D eigenvalue weighted by molar-refractivity contribution is 0.349. The van der Waals surface area contributed by atoms with Gasteiger partial charge >= 0.3 is 0 Å². The van der Waals surface area contributed by atoms with Crippen LogP contribution in [-0.4, -0.2) is 6.04 Å². The number of anilines is 1. The molecule has 0 saturated heterocycles. The summed E-state index contributed by atoms with van der Waals surface area (Å²) >= 11 is 0. The van der Waals surface area contributed by atoms with Crippen molar-refractivity contribution in [2.24, 2.45) is 5.92 Å². The monoisotopic (exact) mass is 232 g/mol. The third-order valence-electron chi connectivity index (χ3n) is 3.58. The second-order valence-corrected chi connectivity index (χ2v) is 4.79. The number of nitrogens with one attached hydrogen (secondary N) is 1. The van der Waals surface area contributed by atoms with Crippen molar-refractivity contribution in [1.29, 1.82) is 5.26 Å². The lowest BCUT2D eigenvalue weighted by atomic mass is 9.85. The van der Waals surface area contributed by atoms with Crippen molar-refractivity contribution >= 4 is 5.69 Å². The first kappa shape index (κ1) is 11.9. The molecule has 1 fully saturated rings. The Morgan fingerprint density at radius 2 is 2.12 bits per heavy atom. The Balaban J connectivity index is 2.18. The lowest BCUT2D eigenvalue weighted by Crippen LogP contribution is -2.30. The van der Waals surface area contributed by atoms with Crippen LogP contribution in [0.15, 0.2) is 18.2 Å². The molecule has 0 heterocycles. The highest BCUT2D eigenvalue weighted by Gasteiger charge is 2.22. The summed E-state index contributed by atoms with van der Waals surface area (Å²) in [7, 11) is 0. The largest absolute Gasteiger partial charge is 0.381 e. The molecular formula is C14H17FN2. The zero-order chi connectivity index (χ0) is 12.3. The molecule has 0 spiro atoms. The highest BCUT2D eigenvalue weighted by atomic mass is 19.1. The number of nitrogens with zero attached hydrogens (tertiary/aromatic N) is 1. The standard InChI is InChI=1S/C14H17FN2/c1-10-5-2-3-7-13(10)17-14-8-4-6-12(15)11(14)9-16/h4,6,8,10,13,17H,2-3,5,7H2,1H3. The van der Waals surface area contributed by atoms with Gasteiger partial charge in [-0.1, -0.05) is 25.8 Å². The van der Waals surface area contributed by atoms with Crippen molar-refractivity contribution in [3.63, 3.8) is 0 Å². The number of hydrogen-bond acceptors (Lipinski definition) is 2. The second-order valence-electron chi connectivity index (χ2n) is 4.79. The first-order valence-electron chi connectivity index (χ1n) is 6.17. The zero-order valence-corrected chi connectivity index (χ0v) is 10.0. The van der Waals surface area contributed by atoms with Gasteiger partial charge in [0.1, 0.15) is 17.4 Å². The minimum Gasteiger partial charge on any atom is -0.381 e. The molecule has 1 aromatic carbocycles. The normalized spacial score (nSPS) is 24.1. The summed E-state index contributed by atoms with van der Waals surface area (Å²) in [5.74, 6) is 0.138. The van der Waals surface area contributed by atoms with E-state index in [1.165, 1.54) is 25.3 Å². The van der Waals surface area contributed by atoms with E-state index in [-0.39, 0.29) is 5.56 Å². The van der Waals surface area contributed by atoms with E-state index in [1.54, 1.807) is 12.1 Å². The Morgan fingerprint density at radius 1 is 1.35 bits per heavy atom. The molecule has 1 aromatic rings. The van der Waals surface area contributed by atoms with Crippen LogP contribution < -0.4 is 5.32 Å². The molecule has 17 heavy (non-hydrogen) atoms. The summed E-state index contributed by atoms with van der Waals surface area (Å²) in [6, 6.07) is 7.04. The summed E-state index contributed by atoms with van der Waals surface area (Å²) < 4.78 is 13.4. The van der Waals surface area contributed by atoms with E-state index in [4.69, 9.17) is 5.26 Å². The van der Waals surface area contributed by atoms with E-state index >= 15 is 0 Å². The van der Waals surface area contributed by atoms with Gasteiger partial charge in [-0.05, 0) is 30.9 Å². The van der Waals surface area contributed by atoms with Crippen LogP contribution in [0.1, 0.15) is 38.2 Å². The van der Waals surface area contributed by atoms with Crippen LogP contribution in [0.25, 0.3) is 0 Å². The number of hydrogen-bond donors (Lipinski definition) is 1. The van der Waals surface area contributed by atoms with E-state index in [1.807, 2.05) is 6.07 Å². The van der Waals surface area contributed by atoms with Crippen molar-refractivity contribution in [2.75, 3.05) is 5.32 Å². The van der Waals surface area contributed by atoms with Crippen LogP contribution in [0.4, 0.5) is 10.1 Å². The van der Waals surface area contributed by atoms with E-state index in [0.717, 1.165) is 6.42 Å². The van der Waals surface area contributed by atoms with Gasteiger partial charge in [0.15, 0.2) is 0 Å². The van der Waals surface area contributed by atoms with Crippen molar-refractivity contribution in [3.05, 3.63) is 29.6 Å². The van der Waals surface area contributed by atoms with Gasteiger partial charge in [-0.3, -0.25) is 0 Å². The smallest absolute Gasteiger partial charge is 0.143 e. The minimum atomic E-state index is -0.444. The fraction of sp³-hybridized carbons (Fsp3) is 0.500. The Labute approximate surface area is 101 Å². The average molecular weight is 232 g/mol. The molecule has 2 atom stereocenters. The van der Waals surface area contributed by atoms with Crippen molar-refractivity contribution in [1.82, 2.24) is 0 Å². The molecule has 2 rings (SSSR count). The predicted octanol–water partition coefficient (Wildman–Crippen LogP) is 3.69. The van der Waals surface area contributed by atoms with Gasteiger partial charge < -0.3 is 5.32 Å². The van der Waals surface area contributed by atoms with E-state index in [9.17, 15) is 4.39 Å². The first-order chi connectivity index (χ1) is 8.22. The molecular weight excluding hydrogens is 215 g/mol. The molecule has 0 bridgehead atoms. The third-order valence-corrected chi connectivity index (χ3v) is 3.58. The van der Waals surface area contributed by atoms with Gasteiger partial charge in [0.2, 0.25) is 0 Å². The highest BCUT2D eigenvalue weighted by molar-refractivity contribution is 5.58. The highest BCUT2D eigenvalue weighted by Crippen LogP contribution is 2.28. The Hall–Kier alpha value is -1.56. The Kier molecular flexibility index (Phi) is 3.63. The van der Waals surface area contributed by atoms with Crippen LogP contribution in [0, 0.1) is 23.1 Å². The molecule has 2 nitrogen and oxygen atoms in total. The maximum absolute atomic E-state index is 13.4. The van der Waals surface area contributed by atoms with E-state index in [0.29, 0.717) is 17.6 Å². The molecule has 1 aliphatic carbocycles. The number of halogens is 1.